The summed E-state index contributed by atoms with van der Waals surface area (Å²) in [6.07, 6.45) is 0. The van der Waals surface area contributed by atoms with Gasteiger partial charge in [-0.15, -0.1) is 0 Å². The predicted octanol–water partition coefficient (Wildman–Crippen LogP) is 3.97. The molecule has 2 aromatic carbocycles. The molecule has 1 amide bonds. The van der Waals surface area contributed by atoms with E-state index >= 15 is 0 Å². The highest BCUT2D eigenvalue weighted by Crippen LogP contribution is 2.25. The van der Waals surface area contributed by atoms with Gasteiger partial charge in [-0.25, -0.2) is 4.39 Å². The Labute approximate surface area is 151 Å². The van der Waals surface area contributed by atoms with Crippen molar-refractivity contribution < 1.29 is 18.6 Å². The molecule has 0 saturated heterocycles. The number of aromatic nitrogens is 1. The first-order valence-electron chi connectivity index (χ1n) is 7.38. The van der Waals surface area contributed by atoms with E-state index in [1.54, 1.807) is 18.2 Å². The molecule has 0 aliphatic carbocycles. The Balaban J connectivity index is 1.68. The lowest BCUT2D eigenvalue weighted by molar-refractivity contribution is -0.384. The van der Waals surface area contributed by atoms with Crippen LogP contribution in [-0.2, 0) is 6.54 Å². The van der Waals surface area contributed by atoms with Gasteiger partial charge in [0.15, 0.2) is 5.76 Å². The maximum atomic E-state index is 12.9. The van der Waals surface area contributed by atoms with Crippen molar-refractivity contribution in [2.24, 2.45) is 0 Å². The van der Waals surface area contributed by atoms with E-state index in [4.69, 9.17) is 16.1 Å². The van der Waals surface area contributed by atoms with Crippen LogP contribution in [0.5, 0.6) is 0 Å². The number of rotatable bonds is 5. The fourth-order valence-electron chi connectivity index (χ4n) is 2.21. The molecule has 1 N–H and O–H groups in total. The largest absolute Gasteiger partial charge is 0.356 e. The monoisotopic (exact) mass is 375 g/mol. The van der Waals surface area contributed by atoms with Gasteiger partial charge in [0, 0.05) is 23.3 Å². The summed E-state index contributed by atoms with van der Waals surface area (Å²) in [7, 11) is 0. The number of amides is 1. The third kappa shape index (κ3) is 3.86. The van der Waals surface area contributed by atoms with Crippen LogP contribution in [-0.4, -0.2) is 16.0 Å². The summed E-state index contributed by atoms with van der Waals surface area (Å²) in [6, 6.07) is 11.1. The molecule has 0 bridgehead atoms. The van der Waals surface area contributed by atoms with Crippen molar-refractivity contribution in [2.75, 3.05) is 0 Å². The molecule has 3 aromatic rings. The zero-order valence-corrected chi connectivity index (χ0v) is 13.9. The Bertz CT molecular complexity index is 972. The van der Waals surface area contributed by atoms with Crippen LogP contribution in [0.4, 0.5) is 10.1 Å². The van der Waals surface area contributed by atoms with Gasteiger partial charge < -0.3 is 9.84 Å². The van der Waals surface area contributed by atoms with Crippen LogP contribution < -0.4 is 5.32 Å². The molecule has 0 fully saturated rings. The third-order valence-corrected chi connectivity index (χ3v) is 3.84. The molecule has 132 valence electrons. The molecule has 0 unspecified atom stereocenters. The molecule has 0 spiro atoms. The van der Waals surface area contributed by atoms with Crippen molar-refractivity contribution in [3.63, 3.8) is 0 Å². The molecule has 0 aliphatic rings. The highest BCUT2D eigenvalue weighted by molar-refractivity contribution is 6.32. The van der Waals surface area contributed by atoms with Gasteiger partial charge in [-0.3, -0.25) is 14.9 Å². The topological polar surface area (TPSA) is 98.3 Å². The molecule has 3 rings (SSSR count). The van der Waals surface area contributed by atoms with Gasteiger partial charge in [-0.1, -0.05) is 16.8 Å². The number of carbonyl (C=O) groups excluding carboxylic acids is 1. The van der Waals surface area contributed by atoms with E-state index in [1.807, 2.05) is 0 Å². The minimum Gasteiger partial charge on any atom is -0.356 e. The number of hydrogen-bond donors (Lipinski definition) is 1. The lowest BCUT2D eigenvalue weighted by Gasteiger charge is -2.03. The number of nitrogens with one attached hydrogen (secondary N) is 1. The second-order valence-corrected chi connectivity index (χ2v) is 5.70. The van der Waals surface area contributed by atoms with Crippen molar-refractivity contribution in [1.29, 1.82) is 0 Å². The molecule has 0 aliphatic heterocycles. The quantitative estimate of drug-likeness (QED) is 0.537. The average molecular weight is 376 g/mol. The highest BCUT2D eigenvalue weighted by atomic mass is 35.5. The van der Waals surface area contributed by atoms with Crippen LogP contribution in [0.3, 0.4) is 0 Å². The molecule has 26 heavy (non-hydrogen) atoms. The van der Waals surface area contributed by atoms with Crippen molar-refractivity contribution >= 4 is 23.2 Å². The normalized spacial score (nSPS) is 10.5. The third-order valence-electron chi connectivity index (χ3n) is 3.52. The summed E-state index contributed by atoms with van der Waals surface area (Å²) >= 11 is 5.72. The number of hydrogen-bond acceptors (Lipinski definition) is 5. The van der Waals surface area contributed by atoms with E-state index in [0.29, 0.717) is 17.0 Å². The first kappa shape index (κ1) is 17.6. The van der Waals surface area contributed by atoms with Gasteiger partial charge in [-0.05, 0) is 36.4 Å². The SMILES string of the molecule is O=C(NCc1cc(-c2ccc(F)cc2)on1)c1ccc(Cl)c([N+](=O)[O-])c1. The molecule has 1 heterocycles. The molecule has 9 heteroatoms. The number of carbonyl (C=O) groups is 1. The second-order valence-electron chi connectivity index (χ2n) is 5.30. The molecular weight excluding hydrogens is 365 g/mol. The number of benzene rings is 2. The summed E-state index contributed by atoms with van der Waals surface area (Å²) in [4.78, 5) is 22.4. The van der Waals surface area contributed by atoms with Crippen LogP contribution in [0.25, 0.3) is 11.3 Å². The maximum Gasteiger partial charge on any atom is 0.288 e. The van der Waals surface area contributed by atoms with Crippen LogP contribution in [0.1, 0.15) is 16.1 Å². The maximum absolute atomic E-state index is 12.9. The Hall–Kier alpha value is -3.26. The fraction of sp³-hybridized carbons (Fsp3) is 0.0588. The molecule has 0 atom stereocenters. The van der Waals surface area contributed by atoms with Crippen LogP contribution in [0.2, 0.25) is 5.02 Å². The van der Waals surface area contributed by atoms with Crippen molar-refractivity contribution in [1.82, 2.24) is 10.5 Å². The first-order chi connectivity index (χ1) is 12.4. The standard InChI is InChI=1S/C17H11ClFN3O4/c18-14-6-3-11(7-15(14)22(24)25)17(23)20-9-13-8-16(26-21-13)10-1-4-12(19)5-2-10/h1-8H,9H2,(H,20,23). The van der Waals surface area contributed by atoms with Crippen LogP contribution in [0.15, 0.2) is 53.1 Å². The van der Waals surface area contributed by atoms with E-state index in [9.17, 15) is 19.3 Å². The fourth-order valence-corrected chi connectivity index (χ4v) is 2.40. The minimum absolute atomic E-state index is 0.0491. The van der Waals surface area contributed by atoms with Crippen LogP contribution >= 0.6 is 11.6 Å². The van der Waals surface area contributed by atoms with Gasteiger partial charge in [-0.2, -0.15) is 0 Å². The van der Waals surface area contributed by atoms with E-state index in [-0.39, 0.29) is 28.6 Å². The van der Waals surface area contributed by atoms with Gasteiger partial charge in [0.25, 0.3) is 11.6 Å². The van der Waals surface area contributed by atoms with Gasteiger partial charge >= 0.3 is 0 Å². The Morgan fingerprint density at radius 3 is 2.65 bits per heavy atom. The molecule has 1 aromatic heterocycles. The molecule has 0 radical (unpaired) electrons. The summed E-state index contributed by atoms with van der Waals surface area (Å²) in [5.74, 6) is -0.453. The average Bonchev–Trinajstić information content (AvgIpc) is 3.09. The first-order valence-corrected chi connectivity index (χ1v) is 7.75. The summed E-state index contributed by atoms with van der Waals surface area (Å²) in [5.41, 5.74) is 0.841. The van der Waals surface area contributed by atoms with Crippen molar-refractivity contribution in [3.05, 3.63) is 80.7 Å². The van der Waals surface area contributed by atoms with Crippen molar-refractivity contribution in [3.8, 4) is 11.3 Å². The van der Waals surface area contributed by atoms with Crippen molar-refractivity contribution in [2.45, 2.75) is 6.54 Å². The molecular formula is C17H11ClFN3O4. The van der Waals surface area contributed by atoms with Gasteiger partial charge in [0.05, 0.1) is 11.5 Å². The zero-order valence-electron chi connectivity index (χ0n) is 13.1. The van der Waals surface area contributed by atoms with Gasteiger partial charge in [0.1, 0.15) is 16.5 Å². The molecule has 0 saturated carbocycles. The summed E-state index contributed by atoms with van der Waals surface area (Å²) in [6.45, 7) is 0.0555. The predicted molar refractivity (Wildman–Crippen MR) is 91.2 cm³/mol. The number of nitro groups is 1. The minimum atomic E-state index is -0.661. The number of nitrogens with zero attached hydrogens (tertiary/aromatic N) is 2. The number of halogens is 2. The second kappa shape index (κ2) is 7.32. The Kier molecular flexibility index (Phi) is 4.94. The highest BCUT2D eigenvalue weighted by Gasteiger charge is 2.16. The van der Waals surface area contributed by atoms with E-state index in [1.165, 1.54) is 24.3 Å². The lowest BCUT2D eigenvalue weighted by Crippen LogP contribution is -2.23. The zero-order chi connectivity index (χ0) is 18.7. The Morgan fingerprint density at radius 2 is 1.96 bits per heavy atom. The van der Waals surface area contributed by atoms with E-state index in [2.05, 4.69) is 10.5 Å². The summed E-state index contributed by atoms with van der Waals surface area (Å²) < 4.78 is 18.1. The Morgan fingerprint density at radius 1 is 1.23 bits per heavy atom. The van der Waals surface area contributed by atoms with Crippen LogP contribution in [0, 0.1) is 15.9 Å². The van der Waals surface area contributed by atoms with Gasteiger partial charge in [0.2, 0.25) is 0 Å². The summed E-state index contributed by atoms with van der Waals surface area (Å²) in [5, 5.41) is 17.2. The molecule has 7 nitrogen and oxygen atoms in total. The smallest absolute Gasteiger partial charge is 0.288 e. The van der Waals surface area contributed by atoms with E-state index < -0.39 is 10.8 Å². The number of nitro benzene ring substituents is 1. The lowest BCUT2D eigenvalue weighted by atomic mass is 10.1. The van der Waals surface area contributed by atoms with E-state index in [0.717, 1.165) is 6.07 Å².